The fraction of sp³-hybridized carbons (Fsp3) is 0.862. The highest BCUT2D eigenvalue weighted by atomic mass is 32.2. The van der Waals surface area contributed by atoms with E-state index < -0.39 is 75.5 Å². The Bertz CT molecular complexity index is 1190. The Labute approximate surface area is 259 Å². The van der Waals surface area contributed by atoms with E-state index in [1.807, 2.05) is 20.8 Å². The van der Waals surface area contributed by atoms with Crippen molar-refractivity contribution in [3.8, 4) is 0 Å². The molecule has 4 heterocycles. The molecule has 0 aliphatic carbocycles. The maximum absolute atomic E-state index is 12.5. The highest BCUT2D eigenvalue weighted by Gasteiger charge is 2.55. The van der Waals surface area contributed by atoms with Crippen molar-refractivity contribution >= 4 is 34.2 Å². The Morgan fingerprint density at radius 2 is 1.11 bits per heavy atom. The summed E-state index contributed by atoms with van der Waals surface area (Å²) >= 11 is 0. The number of hydrogen-bond acceptors (Lipinski definition) is 12. The van der Waals surface area contributed by atoms with E-state index in [0.29, 0.717) is 25.7 Å². The molecule has 0 spiro atoms. The van der Waals surface area contributed by atoms with Gasteiger partial charge in [0.05, 0.1) is 44.8 Å². The number of carbonyl (C=O) groups is 4. The first kappa shape index (κ1) is 35.8. The molecule has 4 rings (SSSR count). The van der Waals surface area contributed by atoms with Gasteiger partial charge < -0.3 is 33.9 Å². The second-order valence-electron chi connectivity index (χ2n) is 13.8. The zero-order chi connectivity index (χ0) is 33.4. The van der Waals surface area contributed by atoms with Crippen molar-refractivity contribution in [2.75, 3.05) is 20.5 Å². The number of carbonyl (C=O) groups excluding carboxylic acids is 4. The molecule has 4 aliphatic rings. The minimum Gasteiger partial charge on any atom is -0.469 e. The summed E-state index contributed by atoms with van der Waals surface area (Å²) in [7, 11) is -1.19. The predicted octanol–water partition coefficient (Wildman–Crippen LogP) is 2.60. The monoisotopic (exact) mass is 648 g/mol. The quantitative estimate of drug-likeness (QED) is 0.268. The van der Waals surface area contributed by atoms with Crippen LogP contribution in [-0.2, 0) is 42.8 Å². The molecule has 1 N–H and O–H groups in total. The third-order valence-electron chi connectivity index (χ3n) is 8.21. The largest absolute Gasteiger partial charge is 0.469 e. The lowest BCUT2D eigenvalue weighted by molar-refractivity contribution is -0.156. The highest BCUT2D eigenvalue weighted by Crippen LogP contribution is 2.43. The first-order chi connectivity index (χ1) is 20.2. The van der Waals surface area contributed by atoms with Gasteiger partial charge in [0, 0.05) is 12.1 Å². The molecule has 4 aliphatic heterocycles. The summed E-state index contributed by atoms with van der Waals surface area (Å²) in [4.78, 5) is 52.1. The van der Waals surface area contributed by atoms with Crippen LogP contribution in [0.1, 0.15) is 80.1 Å². The second-order valence-corrected chi connectivity index (χ2v) is 15.4. The van der Waals surface area contributed by atoms with Crippen molar-refractivity contribution < 1.29 is 55.8 Å². The SMILES string of the molecule is COC(=O)C1C(O)CC2CCC1N2C(=O)OC(C)(C)C.COC(=O)C1C(OS(C)(=O)=O)CC2CCC1N2C(=O)OC(C)(C)C. The van der Waals surface area contributed by atoms with E-state index in [1.54, 1.807) is 30.6 Å². The fourth-order valence-electron chi connectivity index (χ4n) is 6.75. The number of amides is 2. The van der Waals surface area contributed by atoms with Gasteiger partial charge in [0.15, 0.2) is 0 Å². The van der Waals surface area contributed by atoms with Crippen LogP contribution in [0.5, 0.6) is 0 Å². The van der Waals surface area contributed by atoms with Crippen molar-refractivity contribution in [1.29, 1.82) is 0 Å². The number of piperidine rings is 2. The number of aliphatic hydroxyl groups is 1. The Kier molecular flexibility index (Phi) is 10.9. The number of nitrogens with zero attached hydrogens (tertiary/aromatic N) is 2. The zero-order valence-electron chi connectivity index (χ0n) is 27.1. The third-order valence-corrected chi connectivity index (χ3v) is 8.81. The molecule has 4 bridgehead atoms. The van der Waals surface area contributed by atoms with Crippen LogP contribution in [0.3, 0.4) is 0 Å². The third kappa shape index (κ3) is 8.53. The minimum atomic E-state index is -3.73. The molecule has 252 valence electrons. The molecule has 0 radical (unpaired) electrons. The highest BCUT2D eigenvalue weighted by molar-refractivity contribution is 7.86. The average molecular weight is 649 g/mol. The number of hydrogen-bond donors (Lipinski definition) is 1. The number of rotatable bonds is 4. The van der Waals surface area contributed by atoms with Crippen LogP contribution < -0.4 is 0 Å². The number of aliphatic hydroxyl groups excluding tert-OH is 1. The van der Waals surface area contributed by atoms with Gasteiger partial charge in [-0.25, -0.2) is 9.59 Å². The van der Waals surface area contributed by atoms with Crippen LogP contribution in [0, 0.1) is 11.8 Å². The van der Waals surface area contributed by atoms with Gasteiger partial charge in [-0.3, -0.25) is 13.8 Å². The summed E-state index contributed by atoms with van der Waals surface area (Å²) in [6.45, 7) is 10.7. The lowest BCUT2D eigenvalue weighted by Crippen LogP contribution is -2.57. The van der Waals surface area contributed by atoms with Crippen LogP contribution in [0.15, 0.2) is 0 Å². The maximum Gasteiger partial charge on any atom is 0.410 e. The van der Waals surface area contributed by atoms with Crippen LogP contribution in [0.4, 0.5) is 9.59 Å². The van der Waals surface area contributed by atoms with Crippen LogP contribution >= 0.6 is 0 Å². The van der Waals surface area contributed by atoms with Crippen molar-refractivity contribution in [2.24, 2.45) is 11.8 Å². The first-order valence-corrected chi connectivity index (χ1v) is 16.7. The molecule has 8 atom stereocenters. The van der Waals surface area contributed by atoms with E-state index >= 15 is 0 Å². The summed E-state index contributed by atoms with van der Waals surface area (Å²) < 4.78 is 48.6. The zero-order valence-corrected chi connectivity index (χ0v) is 27.9. The van der Waals surface area contributed by atoms with Gasteiger partial charge in [0.1, 0.15) is 23.0 Å². The molecule has 4 saturated heterocycles. The fourth-order valence-corrected chi connectivity index (χ4v) is 7.40. The Hall–Kier alpha value is -2.65. The van der Waals surface area contributed by atoms with Gasteiger partial charge in [0.2, 0.25) is 0 Å². The molecule has 44 heavy (non-hydrogen) atoms. The van der Waals surface area contributed by atoms with Crippen molar-refractivity contribution in [3.05, 3.63) is 0 Å². The molecule has 0 aromatic heterocycles. The molecule has 8 unspecified atom stereocenters. The van der Waals surface area contributed by atoms with E-state index in [4.69, 9.17) is 23.1 Å². The number of methoxy groups -OCH3 is 2. The lowest BCUT2D eigenvalue weighted by Gasteiger charge is -2.42. The molecule has 2 amide bonds. The summed E-state index contributed by atoms with van der Waals surface area (Å²) in [5.41, 5.74) is -1.23. The Morgan fingerprint density at radius 1 is 0.705 bits per heavy atom. The average Bonchev–Trinajstić information content (AvgIpc) is 3.35. The van der Waals surface area contributed by atoms with Crippen LogP contribution in [0.25, 0.3) is 0 Å². The van der Waals surface area contributed by atoms with E-state index in [0.717, 1.165) is 12.7 Å². The normalized spacial score (nSPS) is 31.4. The number of fused-ring (bicyclic) bond motifs is 4. The first-order valence-electron chi connectivity index (χ1n) is 14.9. The summed E-state index contributed by atoms with van der Waals surface area (Å²) in [6, 6.07) is -1.08. The van der Waals surface area contributed by atoms with Gasteiger partial charge in [-0.1, -0.05) is 0 Å². The van der Waals surface area contributed by atoms with E-state index in [-0.39, 0.29) is 24.5 Å². The molecule has 0 aromatic rings. The van der Waals surface area contributed by atoms with Gasteiger partial charge in [-0.05, 0) is 80.1 Å². The second kappa shape index (κ2) is 13.4. The van der Waals surface area contributed by atoms with Crippen molar-refractivity contribution in [3.63, 3.8) is 0 Å². The topological polar surface area (TPSA) is 175 Å². The van der Waals surface area contributed by atoms with Gasteiger partial charge in [0.25, 0.3) is 10.1 Å². The van der Waals surface area contributed by atoms with E-state index in [1.165, 1.54) is 14.2 Å². The molecule has 0 aromatic carbocycles. The summed E-state index contributed by atoms with van der Waals surface area (Å²) in [6.07, 6.45) is 1.83. The molecule has 0 saturated carbocycles. The standard InChI is InChI=1S/C15H25NO7S.C14H23NO5/c1-15(2,3)22-14(18)16-9-6-7-10(16)12(13(17)21-4)11(8-9)23-24(5,19)20;1-14(2,3)20-13(18)15-8-5-6-9(15)11(10(16)7-8)12(17)19-4/h9-12H,6-8H2,1-5H3;8-11,16H,5-7H2,1-4H3. The molecule has 14 nitrogen and oxygen atoms in total. The number of ether oxygens (including phenoxy) is 4. The van der Waals surface area contributed by atoms with Gasteiger partial charge in [-0.15, -0.1) is 0 Å². The minimum absolute atomic E-state index is 0.0502. The van der Waals surface area contributed by atoms with E-state index in [9.17, 15) is 32.7 Å². The summed E-state index contributed by atoms with van der Waals surface area (Å²) in [5, 5.41) is 10.1. The Balaban J connectivity index is 0.000000244. The molecule has 15 heteroatoms. The van der Waals surface area contributed by atoms with Gasteiger partial charge in [-0.2, -0.15) is 8.42 Å². The van der Waals surface area contributed by atoms with Crippen LogP contribution in [-0.4, -0.2) is 116 Å². The molecular formula is C29H48N2O12S. The van der Waals surface area contributed by atoms with Crippen LogP contribution in [0.2, 0.25) is 0 Å². The summed E-state index contributed by atoms with van der Waals surface area (Å²) in [5.74, 6) is -2.57. The predicted molar refractivity (Wildman–Crippen MR) is 156 cm³/mol. The van der Waals surface area contributed by atoms with Crippen molar-refractivity contribution in [1.82, 2.24) is 9.80 Å². The molecule has 4 fully saturated rings. The lowest BCUT2D eigenvalue weighted by atomic mass is 9.87. The van der Waals surface area contributed by atoms with E-state index in [2.05, 4.69) is 0 Å². The smallest absolute Gasteiger partial charge is 0.410 e. The number of esters is 2. The molecular weight excluding hydrogens is 600 g/mol. The van der Waals surface area contributed by atoms with Gasteiger partial charge >= 0.3 is 24.1 Å². The maximum atomic E-state index is 12.5. The van der Waals surface area contributed by atoms with Crippen molar-refractivity contribution in [2.45, 2.75) is 128 Å². The Morgan fingerprint density at radius 3 is 1.52 bits per heavy atom.